The topological polar surface area (TPSA) is 98.3 Å². The largest absolute Gasteiger partial charge is 0.493 e. The van der Waals surface area contributed by atoms with Gasteiger partial charge in [-0.25, -0.2) is 4.99 Å². The molecule has 0 spiro atoms. The maximum atomic E-state index is 9.23. The van der Waals surface area contributed by atoms with E-state index < -0.39 is 0 Å². The number of halogens is 1. The second-order valence-electron chi connectivity index (χ2n) is 6.02. The molecule has 0 radical (unpaired) electrons. The zero-order valence-corrected chi connectivity index (χ0v) is 17.1. The molecule has 1 aliphatic heterocycles. The lowest BCUT2D eigenvalue weighted by Gasteiger charge is -2.26. The molecule has 1 aliphatic rings. The molecule has 1 heterocycles. The molecule has 142 valence electrons. The van der Waals surface area contributed by atoms with Crippen LogP contribution in [0.1, 0.15) is 18.4 Å². The number of aliphatic hydroxyl groups is 1. The summed E-state index contributed by atoms with van der Waals surface area (Å²) in [5.41, 5.74) is 6.88. The van der Waals surface area contributed by atoms with Gasteiger partial charge in [0.1, 0.15) is 0 Å². The van der Waals surface area contributed by atoms with Crippen molar-refractivity contribution in [3.63, 3.8) is 0 Å². The predicted octanol–water partition coefficient (Wildman–Crippen LogP) is 1.52. The number of guanidine groups is 1. The van der Waals surface area contributed by atoms with Gasteiger partial charge in [-0.1, -0.05) is 6.07 Å². The van der Waals surface area contributed by atoms with Gasteiger partial charge in [-0.05, 0) is 30.5 Å². The van der Waals surface area contributed by atoms with Crippen LogP contribution in [0, 0.1) is 5.41 Å². The monoisotopic (exact) mass is 465 g/mol. The molecule has 2 rings (SSSR count). The third-order valence-electron chi connectivity index (χ3n) is 4.35. The van der Waals surface area contributed by atoms with Gasteiger partial charge in [0.2, 0.25) is 0 Å². The first-order chi connectivity index (χ1) is 11.6. The second-order valence-corrected chi connectivity index (χ2v) is 6.02. The summed E-state index contributed by atoms with van der Waals surface area (Å²) < 4.78 is 16.0. The molecule has 1 aromatic rings. The number of hydrogen-bond acceptors (Lipinski definition) is 5. The number of benzene rings is 1. The van der Waals surface area contributed by atoms with Gasteiger partial charge >= 0.3 is 0 Å². The Morgan fingerprint density at radius 3 is 2.72 bits per heavy atom. The van der Waals surface area contributed by atoms with E-state index in [1.54, 1.807) is 14.2 Å². The predicted molar refractivity (Wildman–Crippen MR) is 108 cm³/mol. The molecular formula is C17H28IN3O4. The van der Waals surface area contributed by atoms with Gasteiger partial charge < -0.3 is 30.4 Å². The van der Waals surface area contributed by atoms with Crippen molar-refractivity contribution < 1.29 is 19.3 Å². The quantitative estimate of drug-likeness (QED) is 0.306. The Hall–Kier alpha value is -1.26. The fraction of sp³-hybridized carbons (Fsp3) is 0.588. The molecule has 8 heteroatoms. The lowest BCUT2D eigenvalue weighted by Crippen LogP contribution is -2.42. The minimum Gasteiger partial charge on any atom is -0.493 e. The molecule has 25 heavy (non-hydrogen) atoms. The summed E-state index contributed by atoms with van der Waals surface area (Å²) >= 11 is 0. The van der Waals surface area contributed by atoms with E-state index in [1.807, 2.05) is 18.2 Å². The highest BCUT2D eigenvalue weighted by Crippen LogP contribution is 2.31. The average molecular weight is 465 g/mol. The summed E-state index contributed by atoms with van der Waals surface area (Å²) in [6.07, 6.45) is 1.62. The minimum atomic E-state index is -0.0573. The van der Waals surface area contributed by atoms with Crippen LogP contribution in [-0.4, -0.2) is 51.7 Å². The molecule has 0 bridgehead atoms. The molecule has 1 saturated heterocycles. The number of nitrogens with two attached hydrogens (primary N) is 1. The van der Waals surface area contributed by atoms with Crippen molar-refractivity contribution in [2.24, 2.45) is 16.1 Å². The molecule has 0 aromatic heterocycles. The first-order valence-electron chi connectivity index (χ1n) is 8.06. The van der Waals surface area contributed by atoms with E-state index in [1.165, 1.54) is 0 Å². The number of nitrogens with zero attached hydrogens (tertiary/aromatic N) is 1. The number of hydrogen-bond donors (Lipinski definition) is 3. The smallest absolute Gasteiger partial charge is 0.188 e. The summed E-state index contributed by atoms with van der Waals surface area (Å²) in [6.45, 7) is 2.61. The van der Waals surface area contributed by atoms with Crippen LogP contribution in [0.15, 0.2) is 23.2 Å². The minimum absolute atomic E-state index is 0. The first kappa shape index (κ1) is 21.8. The molecule has 1 fully saturated rings. The van der Waals surface area contributed by atoms with Gasteiger partial charge in [-0.3, -0.25) is 0 Å². The van der Waals surface area contributed by atoms with Crippen LogP contribution in [-0.2, 0) is 11.3 Å². The number of ether oxygens (including phenoxy) is 3. The Labute approximate surface area is 166 Å². The van der Waals surface area contributed by atoms with Crippen molar-refractivity contribution >= 4 is 29.9 Å². The Bertz CT molecular complexity index is 563. The van der Waals surface area contributed by atoms with Crippen molar-refractivity contribution in [3.8, 4) is 11.5 Å². The van der Waals surface area contributed by atoms with Gasteiger partial charge in [0.25, 0.3) is 0 Å². The summed E-state index contributed by atoms with van der Waals surface area (Å²) in [5, 5.41) is 12.4. The third kappa shape index (κ3) is 6.19. The molecular weight excluding hydrogens is 437 g/mol. The van der Waals surface area contributed by atoms with E-state index in [-0.39, 0.29) is 36.0 Å². The zero-order valence-electron chi connectivity index (χ0n) is 14.8. The fourth-order valence-electron chi connectivity index (χ4n) is 2.80. The normalized spacial score (nSPS) is 20.0. The highest BCUT2D eigenvalue weighted by Gasteiger charge is 2.34. The van der Waals surface area contributed by atoms with Crippen LogP contribution in [0.3, 0.4) is 0 Å². The average Bonchev–Trinajstić information content (AvgIpc) is 3.07. The molecule has 1 atom stereocenters. The summed E-state index contributed by atoms with van der Waals surface area (Å²) in [4.78, 5) is 4.36. The van der Waals surface area contributed by atoms with E-state index in [9.17, 15) is 5.11 Å². The van der Waals surface area contributed by atoms with Crippen LogP contribution in [0.5, 0.6) is 11.5 Å². The van der Waals surface area contributed by atoms with Gasteiger partial charge in [0.05, 0.1) is 27.4 Å². The standard InChI is InChI=1S/C17H27N3O4.HI/c1-22-14-4-3-13(9-15(14)23-2)10-19-16(18)20-11-17(5-7-21)6-8-24-12-17;/h3-4,9,21H,5-8,10-12H2,1-2H3,(H3,18,19,20);1H. The lowest BCUT2D eigenvalue weighted by atomic mass is 9.84. The lowest BCUT2D eigenvalue weighted by molar-refractivity contribution is 0.128. The number of aliphatic imine (C=N–C) groups is 1. The van der Waals surface area contributed by atoms with E-state index in [0.29, 0.717) is 43.6 Å². The maximum absolute atomic E-state index is 9.23. The van der Waals surface area contributed by atoms with Crippen molar-refractivity contribution in [1.29, 1.82) is 0 Å². The van der Waals surface area contributed by atoms with E-state index >= 15 is 0 Å². The van der Waals surface area contributed by atoms with Gasteiger partial charge in [-0.2, -0.15) is 0 Å². The highest BCUT2D eigenvalue weighted by molar-refractivity contribution is 14.0. The van der Waals surface area contributed by atoms with Gasteiger partial charge in [0.15, 0.2) is 17.5 Å². The van der Waals surface area contributed by atoms with Gasteiger partial charge in [0, 0.05) is 25.2 Å². The van der Waals surface area contributed by atoms with Crippen LogP contribution >= 0.6 is 24.0 Å². The third-order valence-corrected chi connectivity index (χ3v) is 4.35. The zero-order chi connectivity index (χ0) is 17.4. The molecule has 0 saturated carbocycles. The van der Waals surface area contributed by atoms with Crippen LogP contribution in [0.4, 0.5) is 0 Å². The van der Waals surface area contributed by atoms with Crippen molar-refractivity contribution in [1.82, 2.24) is 5.32 Å². The van der Waals surface area contributed by atoms with Crippen LogP contribution in [0.2, 0.25) is 0 Å². The maximum Gasteiger partial charge on any atom is 0.188 e. The number of rotatable bonds is 8. The number of aliphatic hydroxyl groups excluding tert-OH is 1. The molecule has 1 unspecified atom stereocenters. The Balaban J connectivity index is 0.00000312. The highest BCUT2D eigenvalue weighted by atomic mass is 127. The Kier molecular flexibility index (Phi) is 9.30. The second kappa shape index (κ2) is 10.7. The first-order valence-corrected chi connectivity index (χ1v) is 8.06. The fourth-order valence-corrected chi connectivity index (χ4v) is 2.80. The molecule has 1 aromatic carbocycles. The van der Waals surface area contributed by atoms with Crippen molar-refractivity contribution in [2.75, 3.05) is 40.6 Å². The summed E-state index contributed by atoms with van der Waals surface area (Å²) in [5.74, 6) is 1.74. The summed E-state index contributed by atoms with van der Waals surface area (Å²) in [7, 11) is 3.21. The number of nitrogens with one attached hydrogen (secondary N) is 1. The molecule has 7 nitrogen and oxygen atoms in total. The Morgan fingerprint density at radius 2 is 2.12 bits per heavy atom. The van der Waals surface area contributed by atoms with Gasteiger partial charge in [-0.15, -0.1) is 24.0 Å². The van der Waals surface area contributed by atoms with Crippen LogP contribution < -0.4 is 20.5 Å². The molecule has 4 N–H and O–H groups in total. The SMILES string of the molecule is COc1ccc(CN=C(N)NCC2(CCO)CCOC2)cc1OC.I. The van der Waals surface area contributed by atoms with Crippen molar-refractivity contribution in [2.45, 2.75) is 19.4 Å². The summed E-state index contributed by atoms with van der Waals surface area (Å²) in [6, 6.07) is 5.66. The van der Waals surface area contributed by atoms with Crippen molar-refractivity contribution in [3.05, 3.63) is 23.8 Å². The molecule has 0 amide bonds. The van der Waals surface area contributed by atoms with E-state index in [4.69, 9.17) is 19.9 Å². The van der Waals surface area contributed by atoms with E-state index in [2.05, 4.69) is 10.3 Å². The molecule has 0 aliphatic carbocycles. The number of methoxy groups -OCH3 is 2. The Morgan fingerprint density at radius 1 is 1.36 bits per heavy atom. The van der Waals surface area contributed by atoms with Crippen LogP contribution in [0.25, 0.3) is 0 Å². The van der Waals surface area contributed by atoms with E-state index in [0.717, 1.165) is 18.6 Å².